The highest BCUT2D eigenvalue weighted by atomic mass is 19.4. The summed E-state index contributed by atoms with van der Waals surface area (Å²) < 4.78 is 58.4. The predicted octanol–water partition coefficient (Wildman–Crippen LogP) is 4.39. The minimum absolute atomic E-state index is 0.116. The molecule has 8 heteroatoms. The van der Waals surface area contributed by atoms with Gasteiger partial charge < -0.3 is 15.0 Å². The summed E-state index contributed by atoms with van der Waals surface area (Å²) >= 11 is 0. The molecule has 2 aromatic rings. The van der Waals surface area contributed by atoms with Gasteiger partial charge in [0.2, 0.25) is 5.91 Å². The number of nitrogens with zero attached hydrogens (tertiary/aromatic N) is 1. The first-order valence-corrected chi connectivity index (χ1v) is 9.88. The lowest BCUT2D eigenvalue weighted by Crippen LogP contribution is -2.35. The highest BCUT2D eigenvalue weighted by Gasteiger charge is 2.33. The fourth-order valence-corrected chi connectivity index (χ4v) is 3.52. The van der Waals surface area contributed by atoms with Crippen LogP contribution in [0, 0.1) is 5.82 Å². The van der Waals surface area contributed by atoms with Crippen LogP contribution in [0.2, 0.25) is 0 Å². The van der Waals surface area contributed by atoms with Crippen molar-refractivity contribution < 1.29 is 27.1 Å². The number of hydrogen-bond donors (Lipinski definition) is 1. The highest BCUT2D eigenvalue weighted by molar-refractivity contribution is 5.78. The van der Waals surface area contributed by atoms with Crippen molar-refractivity contribution in [1.29, 1.82) is 0 Å². The molecular weight excluding hydrogens is 400 g/mol. The fraction of sp³-hybridized carbons (Fsp3) is 0.409. The van der Waals surface area contributed by atoms with E-state index in [-0.39, 0.29) is 24.1 Å². The molecule has 4 nitrogen and oxygen atoms in total. The lowest BCUT2D eigenvalue weighted by Gasteiger charge is -2.25. The van der Waals surface area contributed by atoms with Gasteiger partial charge in [0.05, 0.1) is 5.56 Å². The van der Waals surface area contributed by atoms with Crippen LogP contribution in [0.4, 0.5) is 17.6 Å². The standard InChI is InChI=1S/C22H24F4N2O2/c23-20-8-6-17(22(24,25)26)14-16(20)15-28-18(7-9-21(28)29)10-11-27-12-13-30-19-4-2-1-3-5-19/h1-6,8,14,18,27H,7,9-13,15H2/t18-/m0/s1. The summed E-state index contributed by atoms with van der Waals surface area (Å²) in [5, 5.41) is 3.24. The number of alkyl halides is 3. The van der Waals surface area contributed by atoms with Crippen molar-refractivity contribution in [2.75, 3.05) is 19.7 Å². The Kier molecular flexibility index (Phi) is 7.31. The molecule has 1 atom stereocenters. The van der Waals surface area contributed by atoms with Crippen LogP contribution in [0.1, 0.15) is 30.4 Å². The van der Waals surface area contributed by atoms with Gasteiger partial charge in [-0.2, -0.15) is 13.2 Å². The number of carbonyl (C=O) groups is 1. The summed E-state index contributed by atoms with van der Waals surface area (Å²) in [6.07, 6.45) is -2.98. The summed E-state index contributed by atoms with van der Waals surface area (Å²) in [4.78, 5) is 13.7. The van der Waals surface area contributed by atoms with Crippen LogP contribution >= 0.6 is 0 Å². The Labute approximate surface area is 172 Å². The SMILES string of the molecule is O=C1CC[C@@H](CCNCCOc2ccccc2)N1Cc1cc(C(F)(F)F)ccc1F. The first-order chi connectivity index (χ1) is 14.3. The molecule has 3 rings (SSSR count). The second-order valence-electron chi connectivity index (χ2n) is 7.22. The molecule has 162 valence electrons. The Morgan fingerprint density at radius 2 is 1.87 bits per heavy atom. The summed E-state index contributed by atoms with van der Waals surface area (Å²) in [6.45, 7) is 1.58. The number of rotatable bonds is 9. The van der Waals surface area contributed by atoms with E-state index in [2.05, 4.69) is 5.32 Å². The third-order valence-electron chi connectivity index (χ3n) is 5.11. The Morgan fingerprint density at radius 3 is 2.60 bits per heavy atom. The molecule has 30 heavy (non-hydrogen) atoms. The van der Waals surface area contributed by atoms with E-state index in [0.717, 1.165) is 17.9 Å². The zero-order chi connectivity index (χ0) is 21.6. The minimum atomic E-state index is -4.55. The average Bonchev–Trinajstić information content (AvgIpc) is 3.05. The van der Waals surface area contributed by atoms with E-state index in [1.807, 2.05) is 30.3 Å². The topological polar surface area (TPSA) is 41.6 Å². The maximum absolute atomic E-state index is 14.1. The van der Waals surface area contributed by atoms with E-state index in [4.69, 9.17) is 4.74 Å². The molecule has 1 amide bonds. The summed E-state index contributed by atoms with van der Waals surface area (Å²) in [7, 11) is 0. The first-order valence-electron chi connectivity index (χ1n) is 9.88. The van der Waals surface area contributed by atoms with E-state index < -0.39 is 17.6 Å². The van der Waals surface area contributed by atoms with Crippen LogP contribution in [0.3, 0.4) is 0 Å². The second kappa shape index (κ2) is 9.93. The minimum Gasteiger partial charge on any atom is -0.492 e. The number of likely N-dealkylation sites (tertiary alicyclic amines) is 1. The number of carbonyl (C=O) groups excluding carboxylic acids is 1. The molecule has 1 N–H and O–H groups in total. The number of para-hydroxylation sites is 1. The molecule has 0 aliphatic carbocycles. The zero-order valence-electron chi connectivity index (χ0n) is 16.4. The smallest absolute Gasteiger partial charge is 0.416 e. The number of halogens is 4. The van der Waals surface area contributed by atoms with Crippen molar-refractivity contribution in [2.45, 2.75) is 38.0 Å². The normalized spacial score (nSPS) is 16.9. The van der Waals surface area contributed by atoms with Crippen LogP contribution in [-0.4, -0.2) is 36.5 Å². The first kappa shape index (κ1) is 22.1. The number of nitrogens with one attached hydrogen (secondary N) is 1. The van der Waals surface area contributed by atoms with E-state index in [9.17, 15) is 22.4 Å². The number of ether oxygens (including phenoxy) is 1. The predicted molar refractivity (Wildman–Crippen MR) is 104 cm³/mol. The van der Waals surface area contributed by atoms with Crippen LogP contribution in [-0.2, 0) is 17.5 Å². The van der Waals surface area contributed by atoms with E-state index in [1.54, 1.807) is 0 Å². The molecular formula is C22H24F4N2O2. The van der Waals surface area contributed by atoms with Gasteiger partial charge in [-0.1, -0.05) is 18.2 Å². The molecule has 0 spiro atoms. The quantitative estimate of drug-likeness (QED) is 0.480. The molecule has 1 heterocycles. The highest BCUT2D eigenvalue weighted by Crippen LogP contribution is 2.31. The fourth-order valence-electron chi connectivity index (χ4n) is 3.52. The van der Waals surface area contributed by atoms with Crippen LogP contribution in [0.25, 0.3) is 0 Å². The summed E-state index contributed by atoms with van der Waals surface area (Å²) in [5.41, 5.74) is -1.03. The van der Waals surface area contributed by atoms with Gasteiger partial charge in [-0.25, -0.2) is 4.39 Å². The van der Waals surface area contributed by atoms with Gasteiger partial charge in [-0.05, 0) is 49.7 Å². The van der Waals surface area contributed by atoms with Gasteiger partial charge >= 0.3 is 6.18 Å². The number of amides is 1. The molecule has 1 saturated heterocycles. The lowest BCUT2D eigenvalue weighted by atomic mass is 10.1. The van der Waals surface area contributed by atoms with Crippen molar-refractivity contribution >= 4 is 5.91 Å². The molecule has 1 aliphatic rings. The Bertz CT molecular complexity index is 843. The summed E-state index contributed by atoms with van der Waals surface area (Å²) in [6, 6.07) is 11.6. The van der Waals surface area contributed by atoms with Crippen molar-refractivity contribution in [3.05, 3.63) is 65.5 Å². The zero-order valence-corrected chi connectivity index (χ0v) is 16.4. The van der Waals surface area contributed by atoms with Gasteiger partial charge in [-0.3, -0.25) is 4.79 Å². The Hall–Kier alpha value is -2.61. The van der Waals surface area contributed by atoms with Gasteiger partial charge in [0, 0.05) is 31.1 Å². The lowest BCUT2D eigenvalue weighted by molar-refractivity contribution is -0.137. The molecule has 0 saturated carbocycles. The van der Waals surface area contributed by atoms with Crippen LogP contribution in [0.15, 0.2) is 48.5 Å². The average molecular weight is 424 g/mol. The second-order valence-corrected chi connectivity index (χ2v) is 7.22. The van der Waals surface area contributed by atoms with E-state index in [0.29, 0.717) is 45.0 Å². The molecule has 0 bridgehead atoms. The van der Waals surface area contributed by atoms with E-state index >= 15 is 0 Å². The molecule has 0 aromatic heterocycles. The number of hydrogen-bond acceptors (Lipinski definition) is 3. The molecule has 2 aromatic carbocycles. The van der Waals surface area contributed by atoms with Crippen LogP contribution < -0.4 is 10.1 Å². The largest absolute Gasteiger partial charge is 0.492 e. The molecule has 0 radical (unpaired) electrons. The van der Waals surface area contributed by atoms with Crippen molar-refractivity contribution in [3.63, 3.8) is 0 Å². The van der Waals surface area contributed by atoms with Crippen molar-refractivity contribution in [1.82, 2.24) is 10.2 Å². The Morgan fingerprint density at radius 1 is 1.10 bits per heavy atom. The van der Waals surface area contributed by atoms with Crippen LogP contribution in [0.5, 0.6) is 5.75 Å². The Balaban J connectivity index is 1.49. The number of benzene rings is 2. The molecule has 1 fully saturated rings. The van der Waals surface area contributed by atoms with Gasteiger partial charge in [0.1, 0.15) is 18.2 Å². The van der Waals surface area contributed by atoms with E-state index in [1.165, 1.54) is 4.90 Å². The summed E-state index contributed by atoms with van der Waals surface area (Å²) in [5.74, 6) is -0.114. The van der Waals surface area contributed by atoms with Gasteiger partial charge in [-0.15, -0.1) is 0 Å². The van der Waals surface area contributed by atoms with Gasteiger partial charge in [0.15, 0.2) is 0 Å². The van der Waals surface area contributed by atoms with Gasteiger partial charge in [0.25, 0.3) is 0 Å². The third-order valence-corrected chi connectivity index (χ3v) is 5.11. The van der Waals surface area contributed by atoms with Crippen molar-refractivity contribution in [2.24, 2.45) is 0 Å². The maximum Gasteiger partial charge on any atom is 0.416 e. The molecule has 0 unspecified atom stereocenters. The monoisotopic (exact) mass is 424 g/mol. The van der Waals surface area contributed by atoms with Crippen molar-refractivity contribution in [3.8, 4) is 5.75 Å². The third kappa shape index (κ3) is 5.95. The maximum atomic E-state index is 14.1. The molecule has 1 aliphatic heterocycles.